The van der Waals surface area contributed by atoms with E-state index in [1.807, 2.05) is 0 Å². The molecule has 3 N–H and O–H groups in total. The fraction of sp³-hybridized carbons (Fsp3) is 0.333. The van der Waals surface area contributed by atoms with Gasteiger partial charge in [0, 0.05) is 6.54 Å². The lowest BCUT2D eigenvalue weighted by Crippen LogP contribution is -2.30. The van der Waals surface area contributed by atoms with Crippen LogP contribution in [0, 0.1) is 0 Å². The molecule has 1 atom stereocenters. The minimum absolute atomic E-state index is 0.0956. The predicted octanol–water partition coefficient (Wildman–Crippen LogP) is 0.885. The first-order valence-corrected chi connectivity index (χ1v) is 5.36. The van der Waals surface area contributed by atoms with Gasteiger partial charge in [0.05, 0.1) is 13.5 Å². The summed E-state index contributed by atoms with van der Waals surface area (Å²) in [4.78, 5) is 21.5. The van der Waals surface area contributed by atoms with E-state index in [4.69, 9.17) is 14.9 Å². The van der Waals surface area contributed by atoms with E-state index in [0.717, 1.165) is 0 Å². The number of aliphatic carboxylic acids is 2. The van der Waals surface area contributed by atoms with Crippen molar-refractivity contribution in [3.8, 4) is 5.75 Å². The Labute approximate surface area is 104 Å². The smallest absolute Gasteiger partial charge is 0.325 e. The van der Waals surface area contributed by atoms with Gasteiger partial charge in [0.25, 0.3) is 0 Å². The zero-order chi connectivity index (χ0) is 13.5. The van der Waals surface area contributed by atoms with Crippen LogP contribution < -0.4 is 10.1 Å². The molecule has 0 aliphatic rings. The molecule has 0 aliphatic heterocycles. The van der Waals surface area contributed by atoms with Crippen molar-refractivity contribution in [1.29, 1.82) is 0 Å². The summed E-state index contributed by atoms with van der Waals surface area (Å²) in [7, 11) is 1.52. The Bertz CT molecular complexity index is 415. The van der Waals surface area contributed by atoms with Gasteiger partial charge in [0.2, 0.25) is 0 Å². The normalized spacial score (nSPS) is 11.8. The van der Waals surface area contributed by atoms with E-state index in [0.29, 0.717) is 11.3 Å². The molecule has 6 heteroatoms. The Morgan fingerprint density at radius 1 is 1.28 bits per heavy atom. The summed E-state index contributed by atoms with van der Waals surface area (Å²) >= 11 is 0. The molecule has 98 valence electrons. The van der Waals surface area contributed by atoms with Crippen molar-refractivity contribution in [3.05, 3.63) is 29.8 Å². The minimum atomic E-state index is -1.05. The fourth-order valence-electron chi connectivity index (χ4n) is 1.47. The Kier molecular flexibility index (Phi) is 5.13. The number of carboxylic acid groups (broad SMARTS) is 2. The van der Waals surface area contributed by atoms with E-state index in [1.54, 1.807) is 24.3 Å². The van der Waals surface area contributed by atoms with Crippen LogP contribution in [-0.2, 0) is 9.59 Å². The van der Waals surface area contributed by atoms with Gasteiger partial charge in [0.15, 0.2) is 0 Å². The van der Waals surface area contributed by atoms with Crippen molar-refractivity contribution in [1.82, 2.24) is 5.32 Å². The average Bonchev–Trinajstić information content (AvgIpc) is 2.34. The number of hydrogen-bond acceptors (Lipinski definition) is 4. The van der Waals surface area contributed by atoms with Crippen LogP contribution in [0.2, 0.25) is 0 Å². The highest BCUT2D eigenvalue weighted by molar-refractivity contribution is 5.75. The van der Waals surface area contributed by atoms with Gasteiger partial charge in [-0.1, -0.05) is 12.1 Å². The molecule has 1 aromatic rings. The number of ether oxygens (including phenoxy) is 1. The molecule has 0 bridgehead atoms. The van der Waals surface area contributed by atoms with Crippen LogP contribution in [0.15, 0.2) is 24.3 Å². The maximum atomic E-state index is 11.1. The standard InChI is InChI=1S/C12H15NO5/c1-18-9-4-2-8(3-5-9)11(12(16)17)13-7-6-10(14)15/h2-5,11,13H,6-7H2,1H3,(H,14,15)(H,16,17). The first kappa shape index (κ1) is 14.0. The van der Waals surface area contributed by atoms with Gasteiger partial charge in [0.1, 0.15) is 11.8 Å². The third-order valence-corrected chi connectivity index (χ3v) is 2.38. The monoisotopic (exact) mass is 253 g/mol. The van der Waals surface area contributed by atoms with Gasteiger partial charge in [-0.2, -0.15) is 0 Å². The second kappa shape index (κ2) is 6.61. The van der Waals surface area contributed by atoms with E-state index in [1.165, 1.54) is 7.11 Å². The molecule has 1 rings (SSSR count). The molecule has 6 nitrogen and oxygen atoms in total. The van der Waals surface area contributed by atoms with E-state index < -0.39 is 18.0 Å². The van der Waals surface area contributed by atoms with E-state index in [-0.39, 0.29) is 13.0 Å². The first-order chi connectivity index (χ1) is 8.54. The molecular weight excluding hydrogens is 238 g/mol. The van der Waals surface area contributed by atoms with Crippen molar-refractivity contribution in [2.75, 3.05) is 13.7 Å². The number of benzene rings is 1. The van der Waals surface area contributed by atoms with Crippen LogP contribution in [0.25, 0.3) is 0 Å². The summed E-state index contributed by atoms with van der Waals surface area (Å²) < 4.78 is 4.98. The van der Waals surface area contributed by atoms with Crippen molar-refractivity contribution in [3.63, 3.8) is 0 Å². The Morgan fingerprint density at radius 3 is 2.33 bits per heavy atom. The van der Waals surface area contributed by atoms with Crippen LogP contribution in [0.4, 0.5) is 0 Å². The van der Waals surface area contributed by atoms with E-state index >= 15 is 0 Å². The number of hydrogen-bond donors (Lipinski definition) is 3. The number of rotatable bonds is 7. The SMILES string of the molecule is COc1ccc(C(NCCC(=O)O)C(=O)O)cc1. The molecule has 0 aliphatic carbocycles. The molecule has 0 heterocycles. The summed E-state index contributed by atoms with van der Waals surface area (Å²) in [5.74, 6) is -1.39. The molecule has 0 radical (unpaired) electrons. The van der Waals surface area contributed by atoms with Crippen LogP contribution in [-0.4, -0.2) is 35.8 Å². The van der Waals surface area contributed by atoms with Crippen LogP contribution >= 0.6 is 0 Å². The van der Waals surface area contributed by atoms with Gasteiger partial charge in [-0.15, -0.1) is 0 Å². The summed E-state index contributed by atoms with van der Waals surface area (Å²) in [5, 5.41) is 20.3. The van der Waals surface area contributed by atoms with Crippen LogP contribution in [0.5, 0.6) is 5.75 Å². The van der Waals surface area contributed by atoms with Crippen molar-refractivity contribution in [2.45, 2.75) is 12.5 Å². The predicted molar refractivity (Wildman–Crippen MR) is 63.6 cm³/mol. The summed E-state index contributed by atoms with van der Waals surface area (Å²) in [6, 6.07) is 5.65. The van der Waals surface area contributed by atoms with Gasteiger partial charge in [-0.3, -0.25) is 9.59 Å². The lowest BCUT2D eigenvalue weighted by atomic mass is 10.1. The minimum Gasteiger partial charge on any atom is -0.497 e. The largest absolute Gasteiger partial charge is 0.497 e. The molecule has 0 aromatic heterocycles. The topological polar surface area (TPSA) is 95.9 Å². The maximum Gasteiger partial charge on any atom is 0.325 e. The summed E-state index contributed by atoms with van der Waals surface area (Å²) in [6.45, 7) is 0.0956. The van der Waals surface area contributed by atoms with Gasteiger partial charge in [-0.25, -0.2) is 0 Å². The van der Waals surface area contributed by atoms with Crippen molar-refractivity contribution < 1.29 is 24.5 Å². The van der Waals surface area contributed by atoms with E-state index in [2.05, 4.69) is 5.32 Å². The highest BCUT2D eigenvalue weighted by atomic mass is 16.5. The second-order valence-corrected chi connectivity index (χ2v) is 3.64. The summed E-state index contributed by atoms with van der Waals surface area (Å²) in [5.41, 5.74) is 0.550. The number of carbonyl (C=O) groups is 2. The molecule has 0 amide bonds. The lowest BCUT2D eigenvalue weighted by molar-refractivity contribution is -0.141. The van der Waals surface area contributed by atoms with E-state index in [9.17, 15) is 9.59 Å². The van der Waals surface area contributed by atoms with Gasteiger partial charge in [-0.05, 0) is 17.7 Å². The highest BCUT2D eigenvalue weighted by Crippen LogP contribution is 2.17. The molecule has 1 aromatic carbocycles. The van der Waals surface area contributed by atoms with Crippen molar-refractivity contribution >= 4 is 11.9 Å². The molecule has 0 spiro atoms. The zero-order valence-electron chi connectivity index (χ0n) is 9.92. The molecule has 0 saturated carbocycles. The van der Waals surface area contributed by atoms with Crippen molar-refractivity contribution in [2.24, 2.45) is 0 Å². The lowest BCUT2D eigenvalue weighted by Gasteiger charge is -2.14. The van der Waals surface area contributed by atoms with Crippen LogP contribution in [0.1, 0.15) is 18.0 Å². The maximum absolute atomic E-state index is 11.1. The number of methoxy groups -OCH3 is 1. The zero-order valence-corrected chi connectivity index (χ0v) is 9.92. The molecule has 0 fully saturated rings. The Balaban J connectivity index is 2.71. The fourth-order valence-corrected chi connectivity index (χ4v) is 1.47. The second-order valence-electron chi connectivity index (χ2n) is 3.64. The molecular formula is C12H15NO5. The molecule has 18 heavy (non-hydrogen) atoms. The number of carboxylic acids is 2. The molecule has 1 unspecified atom stereocenters. The Hall–Kier alpha value is -2.08. The molecule has 0 saturated heterocycles. The highest BCUT2D eigenvalue weighted by Gasteiger charge is 2.19. The van der Waals surface area contributed by atoms with Gasteiger partial charge >= 0.3 is 11.9 Å². The third-order valence-electron chi connectivity index (χ3n) is 2.38. The number of nitrogens with one attached hydrogen (secondary N) is 1. The third kappa shape index (κ3) is 4.06. The first-order valence-electron chi connectivity index (χ1n) is 5.36. The van der Waals surface area contributed by atoms with Crippen LogP contribution in [0.3, 0.4) is 0 Å². The quantitative estimate of drug-likeness (QED) is 0.667. The average molecular weight is 253 g/mol. The Morgan fingerprint density at radius 2 is 1.89 bits per heavy atom. The van der Waals surface area contributed by atoms with Gasteiger partial charge < -0.3 is 20.3 Å². The summed E-state index contributed by atoms with van der Waals surface area (Å²) in [6.07, 6.45) is -0.125.